The molecule has 0 aliphatic rings. The number of benzene rings is 1. The van der Waals surface area contributed by atoms with Crippen molar-refractivity contribution >= 4 is 72.3 Å². The molecule has 0 unspecified atom stereocenters. The van der Waals surface area contributed by atoms with Crippen LogP contribution in [0.25, 0.3) is 10.2 Å². The van der Waals surface area contributed by atoms with E-state index >= 15 is 0 Å². The molecule has 0 saturated carbocycles. The van der Waals surface area contributed by atoms with Crippen molar-refractivity contribution in [1.29, 1.82) is 0 Å². The summed E-state index contributed by atoms with van der Waals surface area (Å²) in [6.45, 7) is -0.0184. The van der Waals surface area contributed by atoms with Crippen molar-refractivity contribution in [3.05, 3.63) is 48.8 Å². The summed E-state index contributed by atoms with van der Waals surface area (Å²) >= 11 is 11.8. The molecule has 1 amide bonds. The van der Waals surface area contributed by atoms with Crippen LogP contribution < -0.4 is 4.80 Å². The molecule has 0 aliphatic heterocycles. The highest BCUT2D eigenvalue weighted by atomic mass is 79.9. The second kappa shape index (κ2) is 7.18. The number of amides is 1. The lowest BCUT2D eigenvalue weighted by atomic mass is 10.3. The molecule has 2 aromatic heterocycles. The summed E-state index contributed by atoms with van der Waals surface area (Å²) in [5.41, 5.74) is 0.810. The third-order valence-corrected chi connectivity index (χ3v) is 5.89. The summed E-state index contributed by atoms with van der Waals surface area (Å²) in [6.07, 6.45) is 0. The summed E-state index contributed by atoms with van der Waals surface area (Å²) in [5.74, 6) is -0.804. The fourth-order valence-corrected chi connectivity index (χ4v) is 4.56. The van der Waals surface area contributed by atoms with Gasteiger partial charge in [-0.15, -0.1) is 11.3 Å². The van der Waals surface area contributed by atoms with Gasteiger partial charge in [-0.3, -0.25) is 9.59 Å². The first-order valence-corrected chi connectivity index (χ1v) is 9.48. The molecule has 0 aliphatic carbocycles. The molecule has 0 bridgehead atoms. The van der Waals surface area contributed by atoms with Crippen LogP contribution in [0, 0.1) is 0 Å². The smallest absolute Gasteiger partial charge is 0.325 e. The highest BCUT2D eigenvalue weighted by molar-refractivity contribution is 9.10. The molecule has 0 radical (unpaired) electrons. The van der Waals surface area contributed by atoms with Gasteiger partial charge in [-0.1, -0.05) is 38.9 Å². The largest absolute Gasteiger partial charge is 0.468 e. The Morgan fingerprint density at radius 2 is 2.08 bits per heavy atom. The third kappa shape index (κ3) is 3.61. The number of carbonyl (C=O) groups excluding carboxylic acids is 2. The number of methoxy groups -OCH3 is 1. The molecule has 5 nitrogen and oxygen atoms in total. The maximum absolute atomic E-state index is 12.3. The van der Waals surface area contributed by atoms with Gasteiger partial charge in [0.05, 0.1) is 26.5 Å². The van der Waals surface area contributed by atoms with E-state index in [1.807, 2.05) is 18.2 Å². The van der Waals surface area contributed by atoms with Gasteiger partial charge < -0.3 is 9.30 Å². The first-order valence-electron chi connectivity index (χ1n) is 6.68. The third-order valence-electron chi connectivity index (χ3n) is 3.14. The van der Waals surface area contributed by atoms with Crippen LogP contribution in [-0.4, -0.2) is 23.6 Å². The van der Waals surface area contributed by atoms with E-state index in [0.717, 1.165) is 14.7 Å². The average molecular weight is 446 g/mol. The second-order valence-corrected chi connectivity index (χ2v) is 8.32. The Morgan fingerprint density at radius 3 is 2.75 bits per heavy atom. The maximum Gasteiger partial charge on any atom is 0.325 e. The van der Waals surface area contributed by atoms with Crippen LogP contribution in [0.1, 0.15) is 9.67 Å². The molecule has 9 heteroatoms. The molecule has 24 heavy (non-hydrogen) atoms. The number of nitrogens with zero attached hydrogens (tertiary/aromatic N) is 2. The highest BCUT2D eigenvalue weighted by Gasteiger charge is 2.13. The number of hydrogen-bond donors (Lipinski definition) is 0. The zero-order valence-electron chi connectivity index (χ0n) is 12.3. The first-order chi connectivity index (χ1) is 11.5. The number of thiazole rings is 1. The second-order valence-electron chi connectivity index (χ2n) is 4.68. The molecular formula is C15H10BrClN2O3S2. The lowest BCUT2D eigenvalue weighted by Gasteiger charge is -2.03. The first kappa shape index (κ1) is 17.3. The SMILES string of the molecule is COC(=O)Cn1c(=NC(=O)c2ccc(Cl)s2)sc2cc(Br)ccc21. The van der Waals surface area contributed by atoms with Gasteiger partial charge in [0.2, 0.25) is 0 Å². The van der Waals surface area contributed by atoms with Crippen molar-refractivity contribution in [3.63, 3.8) is 0 Å². The summed E-state index contributed by atoms with van der Waals surface area (Å²) in [6, 6.07) is 8.93. The van der Waals surface area contributed by atoms with Crippen molar-refractivity contribution in [3.8, 4) is 0 Å². The fraction of sp³-hybridized carbons (Fsp3) is 0.133. The number of hydrogen-bond acceptors (Lipinski definition) is 5. The van der Waals surface area contributed by atoms with Crippen LogP contribution >= 0.6 is 50.2 Å². The van der Waals surface area contributed by atoms with Gasteiger partial charge in [-0.2, -0.15) is 4.99 Å². The number of aromatic nitrogens is 1. The number of rotatable bonds is 3. The Balaban J connectivity index is 2.14. The summed E-state index contributed by atoms with van der Waals surface area (Å²) in [7, 11) is 1.32. The minimum Gasteiger partial charge on any atom is -0.468 e. The van der Waals surface area contributed by atoms with E-state index in [4.69, 9.17) is 16.3 Å². The van der Waals surface area contributed by atoms with Gasteiger partial charge in [0.15, 0.2) is 4.80 Å². The Bertz CT molecular complexity index is 1010. The summed E-state index contributed by atoms with van der Waals surface area (Å²) < 4.78 is 8.75. The fourth-order valence-electron chi connectivity index (χ4n) is 2.05. The van der Waals surface area contributed by atoms with Gasteiger partial charge in [0.25, 0.3) is 5.91 Å². The number of fused-ring (bicyclic) bond motifs is 1. The van der Waals surface area contributed by atoms with Crippen LogP contribution in [-0.2, 0) is 16.1 Å². The normalized spacial score (nSPS) is 11.9. The van der Waals surface area contributed by atoms with Crippen LogP contribution in [0.2, 0.25) is 4.34 Å². The Kier molecular flexibility index (Phi) is 5.19. The minimum absolute atomic E-state index is 0.0184. The van der Waals surface area contributed by atoms with Crippen molar-refractivity contribution in [2.24, 2.45) is 4.99 Å². The van der Waals surface area contributed by atoms with Gasteiger partial charge >= 0.3 is 5.97 Å². The quantitative estimate of drug-likeness (QED) is 0.570. The zero-order valence-corrected chi connectivity index (χ0v) is 16.3. The molecule has 0 atom stereocenters. The molecule has 0 fully saturated rings. The number of thiophene rings is 1. The van der Waals surface area contributed by atoms with Crippen LogP contribution in [0.4, 0.5) is 0 Å². The molecule has 0 spiro atoms. The van der Waals surface area contributed by atoms with Gasteiger partial charge in [-0.05, 0) is 30.3 Å². The minimum atomic E-state index is -0.411. The topological polar surface area (TPSA) is 60.7 Å². The standard InChI is InChI=1S/C15H10BrClN2O3S2/c1-22-13(20)7-19-9-3-2-8(16)6-11(9)24-15(19)18-14(21)10-4-5-12(17)23-10/h2-6H,7H2,1H3. The van der Waals surface area contributed by atoms with Crippen LogP contribution in [0.15, 0.2) is 39.8 Å². The van der Waals surface area contributed by atoms with E-state index in [-0.39, 0.29) is 6.54 Å². The molecule has 124 valence electrons. The number of esters is 1. The van der Waals surface area contributed by atoms with Gasteiger partial charge in [0.1, 0.15) is 6.54 Å². The number of carbonyl (C=O) groups is 2. The Morgan fingerprint density at radius 1 is 1.29 bits per heavy atom. The van der Waals surface area contributed by atoms with Crippen molar-refractivity contribution in [1.82, 2.24) is 4.57 Å². The maximum atomic E-state index is 12.3. The lowest BCUT2D eigenvalue weighted by Crippen LogP contribution is -2.22. The molecule has 0 saturated heterocycles. The highest BCUT2D eigenvalue weighted by Crippen LogP contribution is 2.24. The van der Waals surface area contributed by atoms with E-state index in [9.17, 15) is 9.59 Å². The van der Waals surface area contributed by atoms with Crippen molar-refractivity contribution in [2.45, 2.75) is 6.54 Å². The van der Waals surface area contributed by atoms with E-state index in [1.165, 1.54) is 29.8 Å². The van der Waals surface area contributed by atoms with E-state index in [1.54, 1.807) is 16.7 Å². The average Bonchev–Trinajstić information content (AvgIpc) is 3.11. The van der Waals surface area contributed by atoms with Crippen molar-refractivity contribution < 1.29 is 14.3 Å². The van der Waals surface area contributed by atoms with Gasteiger partial charge in [0, 0.05) is 4.47 Å². The van der Waals surface area contributed by atoms with E-state index in [2.05, 4.69) is 20.9 Å². The zero-order chi connectivity index (χ0) is 17.3. The van der Waals surface area contributed by atoms with Gasteiger partial charge in [-0.25, -0.2) is 0 Å². The predicted octanol–water partition coefficient (Wildman–Crippen LogP) is 4.09. The number of halogens is 2. The Labute approximate surface area is 158 Å². The van der Waals surface area contributed by atoms with E-state index in [0.29, 0.717) is 14.0 Å². The van der Waals surface area contributed by atoms with Crippen LogP contribution in [0.3, 0.4) is 0 Å². The Hall–Kier alpha value is -1.48. The molecule has 1 aromatic carbocycles. The van der Waals surface area contributed by atoms with Crippen LogP contribution in [0.5, 0.6) is 0 Å². The molecule has 0 N–H and O–H groups in total. The molecule has 2 heterocycles. The monoisotopic (exact) mass is 444 g/mol. The lowest BCUT2D eigenvalue weighted by molar-refractivity contribution is -0.141. The summed E-state index contributed by atoms with van der Waals surface area (Å²) in [4.78, 5) is 29.1. The predicted molar refractivity (Wildman–Crippen MR) is 98.8 cm³/mol. The molecule has 3 rings (SSSR count). The van der Waals surface area contributed by atoms with E-state index < -0.39 is 11.9 Å². The summed E-state index contributed by atoms with van der Waals surface area (Å²) in [5, 5.41) is 0. The van der Waals surface area contributed by atoms with Crippen molar-refractivity contribution in [2.75, 3.05) is 7.11 Å². The molecule has 3 aromatic rings. The molecular weight excluding hydrogens is 436 g/mol. The number of ether oxygens (including phenoxy) is 1.